The van der Waals surface area contributed by atoms with E-state index < -0.39 is 6.10 Å². The van der Waals surface area contributed by atoms with Gasteiger partial charge in [0.15, 0.2) is 0 Å². The molecule has 14 heavy (non-hydrogen) atoms. The van der Waals surface area contributed by atoms with Gasteiger partial charge in [0.05, 0.1) is 0 Å². The van der Waals surface area contributed by atoms with Crippen molar-refractivity contribution in [2.45, 2.75) is 25.5 Å². The Kier molecular flexibility index (Phi) is 7.93. The molecule has 2 unspecified atom stereocenters. The molecule has 0 aromatic rings. The summed E-state index contributed by atoms with van der Waals surface area (Å²) in [6.45, 7) is 2.20. The van der Waals surface area contributed by atoms with Gasteiger partial charge in [-0.2, -0.15) is 11.8 Å². The number of carbonyl (C=O) groups excluding carboxylic acids is 1. The minimum absolute atomic E-state index is 0.122. The largest absolute Gasteiger partial charge is 0.370 e. The molecule has 0 aromatic carbocycles. The number of nitrogens with two attached hydrogens (primary N) is 1. The Morgan fingerprint density at radius 1 is 1.64 bits per heavy atom. The van der Waals surface area contributed by atoms with E-state index >= 15 is 0 Å². The molecule has 1 amide bonds. The number of rotatable bonds is 7. The lowest BCUT2D eigenvalue weighted by molar-refractivity contribution is -0.131. The maximum Gasteiger partial charge on any atom is 0.250 e. The van der Waals surface area contributed by atoms with Crippen molar-refractivity contribution in [3.63, 3.8) is 0 Å². The summed E-state index contributed by atoms with van der Waals surface area (Å²) in [5.41, 5.74) is 5.37. The third-order valence-corrected chi connectivity index (χ3v) is 2.58. The molecule has 0 aromatic heterocycles. The molecule has 84 valence electrons. The highest BCUT2D eigenvalue weighted by Crippen LogP contribution is 2.00. The first-order chi connectivity index (χ1) is 6.65. The van der Waals surface area contributed by atoms with E-state index in [9.17, 15) is 4.79 Å². The second-order valence-corrected chi connectivity index (χ2v) is 4.14. The predicted octanol–water partition coefficient (Wildman–Crippen LogP) is 0.218. The molecular weight excluding hydrogens is 200 g/mol. The SMILES string of the molecule is COC(CN)C(=O)NC(C)CCSC. The normalized spacial score (nSPS) is 14.9. The van der Waals surface area contributed by atoms with Crippen LogP contribution >= 0.6 is 11.8 Å². The highest BCUT2D eigenvalue weighted by Gasteiger charge is 2.17. The van der Waals surface area contributed by atoms with E-state index in [4.69, 9.17) is 10.5 Å². The molecule has 0 saturated heterocycles. The van der Waals surface area contributed by atoms with E-state index in [1.54, 1.807) is 11.8 Å². The molecule has 0 saturated carbocycles. The first-order valence-corrected chi connectivity index (χ1v) is 6.07. The number of thioether (sulfide) groups is 1. The van der Waals surface area contributed by atoms with Crippen LogP contribution in [0.4, 0.5) is 0 Å². The lowest BCUT2D eigenvalue weighted by atomic mass is 10.2. The van der Waals surface area contributed by atoms with Crippen molar-refractivity contribution < 1.29 is 9.53 Å². The van der Waals surface area contributed by atoms with Crippen molar-refractivity contribution >= 4 is 17.7 Å². The highest BCUT2D eigenvalue weighted by molar-refractivity contribution is 7.98. The van der Waals surface area contributed by atoms with Crippen molar-refractivity contribution in [1.29, 1.82) is 0 Å². The molecule has 5 heteroatoms. The second kappa shape index (κ2) is 8.08. The van der Waals surface area contributed by atoms with Gasteiger partial charge >= 0.3 is 0 Å². The van der Waals surface area contributed by atoms with Crippen molar-refractivity contribution in [2.24, 2.45) is 5.73 Å². The zero-order chi connectivity index (χ0) is 11.0. The number of carbonyl (C=O) groups is 1. The van der Waals surface area contributed by atoms with E-state index in [0.29, 0.717) is 0 Å². The minimum Gasteiger partial charge on any atom is -0.370 e. The van der Waals surface area contributed by atoms with Gasteiger partial charge in [-0.05, 0) is 25.4 Å². The van der Waals surface area contributed by atoms with Crippen LogP contribution in [0.25, 0.3) is 0 Å². The first kappa shape index (κ1) is 13.7. The van der Waals surface area contributed by atoms with Crippen molar-refractivity contribution in [3.05, 3.63) is 0 Å². The lowest BCUT2D eigenvalue weighted by Gasteiger charge is -2.17. The quantitative estimate of drug-likeness (QED) is 0.644. The zero-order valence-electron chi connectivity index (χ0n) is 9.08. The van der Waals surface area contributed by atoms with Gasteiger partial charge in [0, 0.05) is 19.7 Å². The van der Waals surface area contributed by atoms with Crippen LogP contribution in [0, 0.1) is 0 Å². The number of amides is 1. The Morgan fingerprint density at radius 3 is 2.71 bits per heavy atom. The average molecular weight is 220 g/mol. The van der Waals surface area contributed by atoms with Gasteiger partial charge in [0.2, 0.25) is 0 Å². The van der Waals surface area contributed by atoms with Gasteiger partial charge in [0.25, 0.3) is 5.91 Å². The fourth-order valence-corrected chi connectivity index (χ4v) is 1.60. The second-order valence-electron chi connectivity index (χ2n) is 3.15. The van der Waals surface area contributed by atoms with Gasteiger partial charge in [-0.15, -0.1) is 0 Å². The summed E-state index contributed by atoms with van der Waals surface area (Å²) in [6, 6.07) is 0.180. The molecule has 4 nitrogen and oxygen atoms in total. The highest BCUT2D eigenvalue weighted by atomic mass is 32.2. The molecule has 3 N–H and O–H groups in total. The van der Waals surface area contributed by atoms with Gasteiger partial charge in [-0.25, -0.2) is 0 Å². The monoisotopic (exact) mass is 220 g/mol. The number of methoxy groups -OCH3 is 1. The summed E-state index contributed by atoms with van der Waals surface area (Å²) >= 11 is 1.77. The molecular formula is C9H20N2O2S. The van der Waals surface area contributed by atoms with Crippen LogP contribution in [0.15, 0.2) is 0 Å². The molecule has 0 rings (SSSR count). The number of hydrogen-bond acceptors (Lipinski definition) is 4. The third-order valence-electron chi connectivity index (χ3n) is 1.93. The number of nitrogens with one attached hydrogen (secondary N) is 1. The minimum atomic E-state index is -0.522. The molecule has 0 bridgehead atoms. The molecule has 0 aliphatic heterocycles. The van der Waals surface area contributed by atoms with Crippen LogP contribution in [-0.4, -0.2) is 43.7 Å². The number of ether oxygens (including phenoxy) is 1. The van der Waals surface area contributed by atoms with Gasteiger partial charge in [0.1, 0.15) is 6.10 Å². The van der Waals surface area contributed by atoms with E-state index in [1.165, 1.54) is 7.11 Å². The van der Waals surface area contributed by atoms with Crippen LogP contribution < -0.4 is 11.1 Å². The van der Waals surface area contributed by atoms with Crippen LogP contribution in [0.3, 0.4) is 0 Å². The van der Waals surface area contributed by atoms with E-state index in [2.05, 4.69) is 5.32 Å². The third kappa shape index (κ3) is 5.47. The van der Waals surface area contributed by atoms with E-state index in [1.807, 2.05) is 13.2 Å². The summed E-state index contributed by atoms with van der Waals surface area (Å²) in [5, 5.41) is 2.86. The van der Waals surface area contributed by atoms with Crippen molar-refractivity contribution in [3.8, 4) is 0 Å². The first-order valence-electron chi connectivity index (χ1n) is 4.67. The zero-order valence-corrected chi connectivity index (χ0v) is 9.89. The van der Waals surface area contributed by atoms with Crippen LogP contribution in [0.5, 0.6) is 0 Å². The molecule has 0 aliphatic rings. The van der Waals surface area contributed by atoms with Gasteiger partial charge < -0.3 is 15.8 Å². The fourth-order valence-electron chi connectivity index (χ4n) is 1.01. The standard InChI is InChI=1S/C9H20N2O2S/c1-7(4-5-14-3)11-9(12)8(6-10)13-2/h7-8H,4-6,10H2,1-3H3,(H,11,12). The van der Waals surface area contributed by atoms with E-state index in [-0.39, 0.29) is 18.5 Å². The number of hydrogen-bond donors (Lipinski definition) is 2. The molecule has 0 spiro atoms. The average Bonchev–Trinajstić information content (AvgIpc) is 2.16. The Balaban J connectivity index is 3.79. The summed E-state index contributed by atoms with van der Waals surface area (Å²) in [4.78, 5) is 11.5. The Labute approximate surface area is 89.9 Å². The maximum absolute atomic E-state index is 11.5. The van der Waals surface area contributed by atoms with Crippen LogP contribution in [-0.2, 0) is 9.53 Å². The summed E-state index contributed by atoms with van der Waals surface area (Å²) in [5.74, 6) is 0.922. The van der Waals surface area contributed by atoms with Crippen LogP contribution in [0.1, 0.15) is 13.3 Å². The molecule has 0 heterocycles. The Bertz CT molecular complexity index is 163. The Hall–Kier alpha value is -0.260. The Morgan fingerprint density at radius 2 is 2.29 bits per heavy atom. The smallest absolute Gasteiger partial charge is 0.250 e. The van der Waals surface area contributed by atoms with Crippen molar-refractivity contribution in [2.75, 3.05) is 25.7 Å². The summed E-state index contributed by atoms with van der Waals surface area (Å²) in [7, 11) is 1.49. The maximum atomic E-state index is 11.5. The molecule has 0 aliphatic carbocycles. The van der Waals surface area contributed by atoms with Gasteiger partial charge in [-0.3, -0.25) is 4.79 Å². The summed E-state index contributed by atoms with van der Waals surface area (Å²) in [6.07, 6.45) is 2.49. The van der Waals surface area contributed by atoms with Crippen molar-refractivity contribution in [1.82, 2.24) is 5.32 Å². The fraction of sp³-hybridized carbons (Fsp3) is 0.889. The van der Waals surface area contributed by atoms with Gasteiger partial charge in [-0.1, -0.05) is 0 Å². The molecule has 2 atom stereocenters. The molecule has 0 fully saturated rings. The summed E-state index contributed by atoms with van der Waals surface area (Å²) < 4.78 is 4.92. The topological polar surface area (TPSA) is 64.3 Å². The molecule has 0 radical (unpaired) electrons. The lowest BCUT2D eigenvalue weighted by Crippen LogP contribution is -2.44. The van der Waals surface area contributed by atoms with E-state index in [0.717, 1.165) is 12.2 Å². The predicted molar refractivity (Wildman–Crippen MR) is 60.5 cm³/mol. The van der Waals surface area contributed by atoms with Crippen LogP contribution in [0.2, 0.25) is 0 Å².